The second-order valence-electron chi connectivity index (χ2n) is 7.02. The fraction of sp³-hybridized carbons (Fsp3) is 0.273. The highest BCUT2D eigenvalue weighted by Crippen LogP contribution is 2.40. The fourth-order valence-electron chi connectivity index (χ4n) is 3.44. The van der Waals surface area contributed by atoms with Gasteiger partial charge in [0.1, 0.15) is 5.82 Å². The van der Waals surface area contributed by atoms with Crippen molar-refractivity contribution in [2.75, 3.05) is 14.1 Å². The minimum Gasteiger partial charge on any atom is -0.353 e. The molecule has 2 atom stereocenters. The van der Waals surface area contributed by atoms with E-state index in [1.54, 1.807) is 0 Å². The molecule has 1 saturated carbocycles. The number of imidazole rings is 1. The highest BCUT2D eigenvalue weighted by Gasteiger charge is 2.39. The molecule has 2 unspecified atom stereocenters. The molecule has 4 rings (SSSR count). The number of hydrogen-bond acceptors (Lipinski definition) is 2. The van der Waals surface area contributed by atoms with E-state index >= 15 is 0 Å². The molecule has 0 spiro atoms. The number of aliphatic imine (C=N–C) groups is 1. The van der Waals surface area contributed by atoms with Crippen LogP contribution in [-0.2, 0) is 6.54 Å². The van der Waals surface area contributed by atoms with Gasteiger partial charge in [0.15, 0.2) is 5.96 Å². The molecule has 1 aliphatic carbocycles. The number of rotatable bonds is 5. The first-order valence-corrected chi connectivity index (χ1v) is 9.33. The molecule has 5 nitrogen and oxygen atoms in total. The Morgan fingerprint density at radius 2 is 1.85 bits per heavy atom. The number of benzene rings is 2. The van der Waals surface area contributed by atoms with E-state index < -0.39 is 0 Å². The number of H-pyrrole nitrogens is 1. The molecule has 0 bridgehead atoms. The van der Waals surface area contributed by atoms with Gasteiger partial charge in [0.05, 0.1) is 18.4 Å². The van der Waals surface area contributed by atoms with E-state index in [9.17, 15) is 0 Å². The van der Waals surface area contributed by atoms with Gasteiger partial charge in [0.2, 0.25) is 0 Å². The molecule has 138 valence electrons. The topological polar surface area (TPSA) is 56.3 Å². The summed E-state index contributed by atoms with van der Waals surface area (Å²) in [5.74, 6) is 2.40. The molecule has 0 aliphatic heterocycles. The SMILES string of the molecule is CN=C(NC1CC1c1ccccc1)N(C)Cc1ncc(-c2ccccc2)[nH]1. The summed E-state index contributed by atoms with van der Waals surface area (Å²) >= 11 is 0. The van der Waals surface area contributed by atoms with Crippen LogP contribution in [0.5, 0.6) is 0 Å². The van der Waals surface area contributed by atoms with Crippen molar-refractivity contribution in [1.82, 2.24) is 20.2 Å². The molecule has 5 heteroatoms. The molecule has 1 aliphatic rings. The lowest BCUT2D eigenvalue weighted by Crippen LogP contribution is -2.40. The molecule has 2 aromatic carbocycles. The maximum atomic E-state index is 4.53. The lowest BCUT2D eigenvalue weighted by Gasteiger charge is -2.21. The standard InChI is InChI=1S/C22H25N5/c1-23-22(26-19-13-18(19)16-9-5-3-6-10-16)27(2)15-21-24-14-20(25-21)17-11-7-4-8-12-17/h3-12,14,18-19H,13,15H2,1-2H3,(H,23,26)(H,24,25). The van der Waals surface area contributed by atoms with Gasteiger partial charge in [0.25, 0.3) is 0 Å². The van der Waals surface area contributed by atoms with Crippen LogP contribution in [0.4, 0.5) is 0 Å². The lowest BCUT2D eigenvalue weighted by molar-refractivity contribution is 0.463. The number of nitrogens with zero attached hydrogens (tertiary/aromatic N) is 3. The van der Waals surface area contributed by atoms with Crippen LogP contribution in [0.15, 0.2) is 71.9 Å². The minimum absolute atomic E-state index is 0.449. The van der Waals surface area contributed by atoms with Crippen molar-refractivity contribution in [3.63, 3.8) is 0 Å². The summed E-state index contributed by atoms with van der Waals surface area (Å²) in [5.41, 5.74) is 3.57. The predicted molar refractivity (Wildman–Crippen MR) is 110 cm³/mol. The van der Waals surface area contributed by atoms with Gasteiger partial charge < -0.3 is 15.2 Å². The van der Waals surface area contributed by atoms with Gasteiger partial charge in [-0.1, -0.05) is 60.7 Å². The van der Waals surface area contributed by atoms with E-state index in [-0.39, 0.29) is 0 Å². The van der Waals surface area contributed by atoms with Crippen LogP contribution < -0.4 is 5.32 Å². The van der Waals surface area contributed by atoms with Gasteiger partial charge in [-0.3, -0.25) is 4.99 Å². The van der Waals surface area contributed by atoms with Crippen molar-refractivity contribution >= 4 is 5.96 Å². The highest BCUT2D eigenvalue weighted by molar-refractivity contribution is 5.80. The summed E-state index contributed by atoms with van der Waals surface area (Å²) in [5, 5.41) is 3.58. The Hall–Kier alpha value is -3.08. The summed E-state index contributed by atoms with van der Waals surface area (Å²) in [6.07, 6.45) is 3.04. The first-order chi connectivity index (χ1) is 13.2. The molecule has 1 heterocycles. The smallest absolute Gasteiger partial charge is 0.194 e. The van der Waals surface area contributed by atoms with Crippen LogP contribution in [0.3, 0.4) is 0 Å². The van der Waals surface area contributed by atoms with Gasteiger partial charge in [-0.05, 0) is 17.5 Å². The van der Waals surface area contributed by atoms with Gasteiger partial charge in [-0.25, -0.2) is 4.98 Å². The quantitative estimate of drug-likeness (QED) is 0.540. The summed E-state index contributed by atoms with van der Waals surface area (Å²) in [4.78, 5) is 14.5. The molecule has 1 fully saturated rings. The van der Waals surface area contributed by atoms with E-state index in [4.69, 9.17) is 0 Å². The molecule has 27 heavy (non-hydrogen) atoms. The van der Waals surface area contributed by atoms with Gasteiger partial charge in [-0.15, -0.1) is 0 Å². The first-order valence-electron chi connectivity index (χ1n) is 9.33. The number of guanidine groups is 1. The Labute approximate surface area is 160 Å². The van der Waals surface area contributed by atoms with Gasteiger partial charge in [-0.2, -0.15) is 0 Å². The van der Waals surface area contributed by atoms with Crippen molar-refractivity contribution in [2.24, 2.45) is 4.99 Å². The summed E-state index contributed by atoms with van der Waals surface area (Å²) in [6.45, 7) is 0.676. The van der Waals surface area contributed by atoms with E-state index in [1.165, 1.54) is 5.56 Å². The van der Waals surface area contributed by atoms with Crippen LogP contribution in [0.2, 0.25) is 0 Å². The zero-order valence-electron chi connectivity index (χ0n) is 15.8. The highest BCUT2D eigenvalue weighted by atomic mass is 15.3. The monoisotopic (exact) mass is 359 g/mol. The molecule has 3 aromatic rings. The van der Waals surface area contributed by atoms with Crippen LogP contribution in [0.25, 0.3) is 11.3 Å². The Morgan fingerprint density at radius 1 is 1.15 bits per heavy atom. The van der Waals surface area contributed by atoms with Crippen LogP contribution >= 0.6 is 0 Å². The maximum Gasteiger partial charge on any atom is 0.194 e. The third-order valence-corrected chi connectivity index (χ3v) is 5.01. The Kier molecular flexibility index (Phi) is 4.92. The average molecular weight is 359 g/mol. The van der Waals surface area contributed by atoms with Gasteiger partial charge in [0, 0.05) is 26.1 Å². The predicted octanol–water partition coefficient (Wildman–Crippen LogP) is 3.64. The maximum absolute atomic E-state index is 4.53. The van der Waals surface area contributed by atoms with E-state index in [0.717, 1.165) is 29.5 Å². The largest absolute Gasteiger partial charge is 0.353 e. The normalized spacial score (nSPS) is 19.0. The summed E-state index contributed by atoms with van der Waals surface area (Å²) in [7, 11) is 3.87. The second kappa shape index (κ2) is 7.66. The van der Waals surface area contributed by atoms with Gasteiger partial charge >= 0.3 is 0 Å². The Balaban J connectivity index is 1.36. The fourth-order valence-corrected chi connectivity index (χ4v) is 3.44. The second-order valence-corrected chi connectivity index (χ2v) is 7.02. The van der Waals surface area contributed by atoms with Crippen molar-refractivity contribution in [2.45, 2.75) is 24.9 Å². The van der Waals surface area contributed by atoms with E-state index in [1.807, 2.05) is 38.5 Å². The Morgan fingerprint density at radius 3 is 2.56 bits per heavy atom. The molecule has 0 amide bonds. The third-order valence-electron chi connectivity index (χ3n) is 5.01. The number of aromatic nitrogens is 2. The average Bonchev–Trinajstić information content (AvgIpc) is 3.34. The Bertz CT molecular complexity index is 901. The van der Waals surface area contributed by atoms with Crippen LogP contribution in [-0.4, -0.2) is 41.0 Å². The van der Waals surface area contributed by atoms with Crippen LogP contribution in [0, 0.1) is 0 Å². The zero-order valence-corrected chi connectivity index (χ0v) is 15.8. The van der Waals surface area contributed by atoms with Crippen molar-refractivity contribution in [3.05, 3.63) is 78.2 Å². The van der Waals surface area contributed by atoms with Crippen molar-refractivity contribution in [1.29, 1.82) is 0 Å². The van der Waals surface area contributed by atoms with E-state index in [0.29, 0.717) is 18.5 Å². The summed E-state index contributed by atoms with van der Waals surface area (Å²) < 4.78 is 0. The van der Waals surface area contributed by atoms with Crippen molar-refractivity contribution in [3.8, 4) is 11.3 Å². The summed E-state index contributed by atoms with van der Waals surface area (Å²) in [6, 6.07) is 21.4. The molecular formula is C22H25N5. The number of hydrogen-bond donors (Lipinski definition) is 2. The lowest BCUT2D eigenvalue weighted by atomic mass is 10.1. The number of nitrogens with one attached hydrogen (secondary N) is 2. The zero-order chi connectivity index (χ0) is 18.6. The first kappa shape index (κ1) is 17.3. The molecular weight excluding hydrogens is 334 g/mol. The third kappa shape index (κ3) is 4.03. The van der Waals surface area contributed by atoms with Crippen molar-refractivity contribution < 1.29 is 0 Å². The minimum atomic E-state index is 0.449. The molecule has 2 N–H and O–H groups in total. The van der Waals surface area contributed by atoms with Crippen LogP contribution in [0.1, 0.15) is 23.7 Å². The molecule has 0 radical (unpaired) electrons. The van der Waals surface area contributed by atoms with E-state index in [2.05, 4.69) is 67.6 Å². The number of aromatic amines is 1. The molecule has 0 saturated heterocycles. The molecule has 1 aromatic heterocycles.